The monoisotopic (exact) mass is 258 g/mol. The first-order chi connectivity index (χ1) is 6.27. The minimum Gasteiger partial charge on any atom is -0.381 e. The second-order valence-corrected chi connectivity index (χ2v) is 4.03. The Labute approximate surface area is 87.5 Å². The molecule has 0 aliphatic rings. The fourth-order valence-corrected chi connectivity index (χ4v) is 1.65. The fourth-order valence-electron chi connectivity index (χ4n) is 0.889. The summed E-state index contributed by atoms with van der Waals surface area (Å²) >= 11 is 3.28. The molecular weight excluding hydrogens is 250 g/mol. The van der Waals surface area contributed by atoms with Crippen LogP contribution in [0.15, 0.2) is 22.8 Å². The van der Waals surface area contributed by atoms with Gasteiger partial charge in [-0.3, -0.25) is 4.98 Å². The van der Waals surface area contributed by atoms with Crippen LogP contribution in [0.3, 0.4) is 0 Å². The summed E-state index contributed by atoms with van der Waals surface area (Å²) in [6.45, 7) is 2.41. The Balaban J connectivity index is 2.79. The lowest BCUT2D eigenvalue weighted by Crippen LogP contribution is -2.08. The summed E-state index contributed by atoms with van der Waals surface area (Å²) in [6.07, 6.45) is 1.67. The summed E-state index contributed by atoms with van der Waals surface area (Å²) < 4.78 is 16.9. The highest BCUT2D eigenvalue weighted by Gasteiger charge is 2.12. The third-order valence-corrected chi connectivity index (χ3v) is 2.60. The van der Waals surface area contributed by atoms with Crippen molar-refractivity contribution in [3.05, 3.63) is 28.5 Å². The number of hydrogen-bond acceptors (Lipinski definition) is 3. The van der Waals surface area contributed by atoms with Gasteiger partial charge in [0.15, 0.2) is 0 Å². The normalized spacial score (nSPS) is 12.5. The van der Waals surface area contributed by atoms with Gasteiger partial charge in [0.2, 0.25) is 0 Å². The third kappa shape index (κ3) is 3.09. The zero-order valence-electron chi connectivity index (χ0n) is 7.16. The Kier molecular flexibility index (Phi) is 4.41. The van der Waals surface area contributed by atoms with Crippen LogP contribution in [0.4, 0.5) is 0 Å². The highest BCUT2D eigenvalue weighted by molar-refractivity contribution is 9.10. The molecule has 0 aliphatic heterocycles. The minimum absolute atomic E-state index is 0.391. The smallest absolute Gasteiger partial charge is 0.365 e. The van der Waals surface area contributed by atoms with Crippen LogP contribution >= 0.6 is 15.9 Å². The van der Waals surface area contributed by atoms with Gasteiger partial charge < -0.3 is 9.20 Å². The highest BCUT2D eigenvalue weighted by atomic mass is 79.9. The van der Waals surface area contributed by atoms with E-state index in [2.05, 4.69) is 20.9 Å². The molecule has 1 aromatic heterocycles. The lowest BCUT2D eigenvalue weighted by molar-refractivity contribution is 0.112. The van der Waals surface area contributed by atoms with Crippen molar-refractivity contribution in [2.75, 3.05) is 6.61 Å². The van der Waals surface area contributed by atoms with Crippen molar-refractivity contribution in [1.82, 2.24) is 4.98 Å². The van der Waals surface area contributed by atoms with E-state index in [0.29, 0.717) is 12.3 Å². The minimum atomic E-state index is -0.520. The average molecular weight is 259 g/mol. The first-order valence-electron chi connectivity index (χ1n) is 3.88. The number of rotatable bonds is 4. The molecule has 0 spiro atoms. The van der Waals surface area contributed by atoms with Crippen molar-refractivity contribution in [2.45, 2.75) is 12.7 Å². The van der Waals surface area contributed by atoms with E-state index in [1.54, 1.807) is 12.3 Å². The molecule has 0 saturated carbocycles. The van der Waals surface area contributed by atoms with E-state index in [0.717, 1.165) is 4.47 Å². The van der Waals surface area contributed by atoms with Crippen molar-refractivity contribution in [3.63, 3.8) is 0 Å². The first kappa shape index (κ1) is 10.7. The van der Waals surface area contributed by atoms with Crippen molar-refractivity contribution in [3.8, 4) is 0 Å². The maximum absolute atomic E-state index is 10.8. The summed E-state index contributed by atoms with van der Waals surface area (Å²) in [5.74, 6) is 0. The molecule has 1 atom stereocenters. The molecule has 69 valence electrons. The summed E-state index contributed by atoms with van der Waals surface area (Å²) in [6, 6.07) is 3.66. The molecule has 0 saturated heterocycles. The predicted molar refractivity (Wildman–Crippen MR) is 52.7 cm³/mol. The number of pyridine rings is 1. The Morgan fingerprint density at radius 1 is 1.69 bits per heavy atom. The van der Waals surface area contributed by atoms with Crippen LogP contribution in [-0.4, -0.2) is 21.0 Å². The van der Waals surface area contributed by atoms with Gasteiger partial charge in [-0.2, -0.15) is 0 Å². The van der Waals surface area contributed by atoms with E-state index >= 15 is 0 Å². The molecule has 1 heterocycles. The van der Waals surface area contributed by atoms with Gasteiger partial charge in [-0.15, -0.1) is 0 Å². The maximum Gasteiger partial charge on any atom is 0.365 e. The van der Waals surface area contributed by atoms with Crippen molar-refractivity contribution < 1.29 is 9.20 Å². The van der Waals surface area contributed by atoms with E-state index < -0.39 is 15.1 Å². The highest BCUT2D eigenvalue weighted by Crippen LogP contribution is 2.14. The Morgan fingerprint density at radius 2 is 2.46 bits per heavy atom. The van der Waals surface area contributed by atoms with Crippen LogP contribution in [0.2, 0.25) is 0 Å². The van der Waals surface area contributed by atoms with Crippen LogP contribution in [0.1, 0.15) is 18.3 Å². The molecule has 0 fully saturated rings. The largest absolute Gasteiger partial charge is 0.381 e. The third-order valence-electron chi connectivity index (χ3n) is 1.46. The van der Waals surface area contributed by atoms with Crippen molar-refractivity contribution in [2.24, 2.45) is 0 Å². The van der Waals surface area contributed by atoms with Gasteiger partial charge in [-0.05, 0) is 35.0 Å². The van der Waals surface area contributed by atoms with Gasteiger partial charge in [-0.25, -0.2) is 0 Å². The molecule has 1 unspecified atom stereocenters. The van der Waals surface area contributed by atoms with Crippen molar-refractivity contribution in [1.29, 1.82) is 0 Å². The first-order valence-corrected chi connectivity index (χ1v) is 5.66. The fraction of sp³-hybridized carbons (Fsp3) is 0.375. The number of hydrogen-bond donors (Lipinski definition) is 0. The molecule has 13 heavy (non-hydrogen) atoms. The second kappa shape index (κ2) is 5.36. The Hall–Kier alpha value is -0.393. The maximum atomic E-state index is 10.8. The van der Waals surface area contributed by atoms with Gasteiger partial charge >= 0.3 is 9.41 Å². The molecule has 5 heteroatoms. The van der Waals surface area contributed by atoms with Crippen LogP contribution < -0.4 is 0 Å². The number of nitrogens with zero attached hydrogens (tertiary/aromatic N) is 1. The van der Waals surface area contributed by atoms with Crippen LogP contribution in [0.25, 0.3) is 0 Å². The van der Waals surface area contributed by atoms with E-state index in [1.807, 2.05) is 13.0 Å². The Bertz CT molecular complexity index is 278. The lowest BCUT2D eigenvalue weighted by atomic mass is 10.4. The standard InChI is InChI=1S/C8H9BrNO2Si/c1-2-12-8(13-11)7-4-3-6(9)5-10-7/h3-5,8H,2H2,1H3. The SMILES string of the molecule is CCOC([Si]=O)c1ccc(Br)cn1. The number of aromatic nitrogens is 1. The average Bonchev–Trinajstić information content (AvgIpc) is 2.16. The lowest BCUT2D eigenvalue weighted by Gasteiger charge is -2.07. The van der Waals surface area contributed by atoms with Gasteiger partial charge in [0.1, 0.15) is 5.73 Å². The molecule has 3 nitrogen and oxygen atoms in total. The molecule has 0 bridgehead atoms. The second-order valence-electron chi connectivity index (χ2n) is 2.35. The summed E-state index contributed by atoms with van der Waals surface area (Å²) in [5, 5.41) is 0. The topological polar surface area (TPSA) is 39.2 Å². The molecule has 1 rings (SSSR count). The van der Waals surface area contributed by atoms with E-state index in [-0.39, 0.29) is 0 Å². The summed E-state index contributed by atoms with van der Waals surface area (Å²) in [5.41, 5.74) is 0.316. The van der Waals surface area contributed by atoms with Crippen LogP contribution in [0, 0.1) is 0 Å². The van der Waals surface area contributed by atoms with Gasteiger partial charge in [0, 0.05) is 17.3 Å². The van der Waals surface area contributed by atoms with Gasteiger partial charge in [0.25, 0.3) is 0 Å². The van der Waals surface area contributed by atoms with E-state index in [1.165, 1.54) is 0 Å². The van der Waals surface area contributed by atoms with Gasteiger partial charge in [0.05, 0.1) is 5.69 Å². The molecule has 1 radical (unpaired) electrons. The zero-order valence-corrected chi connectivity index (χ0v) is 9.74. The number of halogens is 1. The molecular formula is C8H9BrNO2Si. The van der Waals surface area contributed by atoms with Crippen LogP contribution in [-0.2, 0) is 9.20 Å². The molecule has 0 N–H and O–H groups in total. The number of ether oxygens (including phenoxy) is 1. The van der Waals surface area contributed by atoms with Crippen molar-refractivity contribution >= 4 is 25.3 Å². The quantitative estimate of drug-likeness (QED) is 0.775. The molecule has 0 amide bonds. The van der Waals surface area contributed by atoms with Crippen LogP contribution in [0.5, 0.6) is 0 Å². The molecule has 1 aromatic rings. The summed E-state index contributed by atoms with van der Waals surface area (Å²) in [4.78, 5) is 4.10. The summed E-state index contributed by atoms with van der Waals surface area (Å²) in [7, 11) is -0.520. The predicted octanol–water partition coefficient (Wildman–Crippen LogP) is 1.93. The molecule has 0 aliphatic carbocycles. The Morgan fingerprint density at radius 3 is 2.92 bits per heavy atom. The molecule has 0 aromatic carbocycles. The zero-order chi connectivity index (χ0) is 9.68. The van der Waals surface area contributed by atoms with Gasteiger partial charge in [-0.1, -0.05) is 0 Å². The van der Waals surface area contributed by atoms with E-state index in [4.69, 9.17) is 4.74 Å². The van der Waals surface area contributed by atoms with E-state index in [9.17, 15) is 4.46 Å².